The van der Waals surface area contributed by atoms with Crippen molar-refractivity contribution in [3.05, 3.63) is 35.4 Å². The largest absolute Gasteiger partial charge is 0.455 e. The maximum Gasteiger partial charge on any atom is 0.310 e. The lowest BCUT2D eigenvalue weighted by molar-refractivity contribution is -0.152. The number of hydrogen-bond acceptors (Lipinski definition) is 4. The molecule has 0 spiro atoms. The van der Waals surface area contributed by atoms with Gasteiger partial charge in [0.25, 0.3) is 5.91 Å². The Hall–Kier alpha value is -2.37. The zero-order valence-corrected chi connectivity index (χ0v) is 13.3. The smallest absolute Gasteiger partial charge is 0.310 e. The first-order valence-corrected chi connectivity index (χ1v) is 7.74. The van der Waals surface area contributed by atoms with Gasteiger partial charge in [-0.25, -0.2) is 0 Å². The monoisotopic (exact) mass is 318 g/mol. The number of esters is 1. The molecule has 1 unspecified atom stereocenters. The van der Waals surface area contributed by atoms with Crippen molar-refractivity contribution >= 4 is 17.8 Å². The SMILES string of the molecule is Cc1ccc(CC(=O)OCC(=O)N2CCCC(C(N)=O)C2)cc1. The number of carbonyl (C=O) groups excluding carboxylic acids is 3. The van der Waals surface area contributed by atoms with Crippen LogP contribution >= 0.6 is 0 Å². The van der Waals surface area contributed by atoms with E-state index in [1.165, 1.54) is 4.90 Å². The van der Waals surface area contributed by atoms with E-state index in [1.807, 2.05) is 31.2 Å². The van der Waals surface area contributed by atoms with Gasteiger partial charge in [0.05, 0.1) is 12.3 Å². The van der Waals surface area contributed by atoms with E-state index in [-0.39, 0.29) is 30.8 Å². The summed E-state index contributed by atoms with van der Waals surface area (Å²) < 4.78 is 5.04. The molecule has 0 bridgehead atoms. The lowest BCUT2D eigenvalue weighted by Gasteiger charge is -2.31. The molecule has 2 rings (SSSR count). The average Bonchev–Trinajstić information content (AvgIpc) is 2.55. The molecule has 0 saturated carbocycles. The molecule has 23 heavy (non-hydrogen) atoms. The van der Waals surface area contributed by atoms with Gasteiger partial charge in [-0.3, -0.25) is 14.4 Å². The number of rotatable bonds is 5. The van der Waals surface area contributed by atoms with Crippen molar-refractivity contribution in [3.63, 3.8) is 0 Å². The molecule has 1 aromatic carbocycles. The molecule has 1 atom stereocenters. The number of piperidine rings is 1. The van der Waals surface area contributed by atoms with Crippen LogP contribution in [-0.4, -0.2) is 42.4 Å². The molecule has 1 heterocycles. The van der Waals surface area contributed by atoms with Crippen LogP contribution in [-0.2, 0) is 25.5 Å². The molecule has 2 amide bonds. The van der Waals surface area contributed by atoms with Crippen molar-refractivity contribution in [2.24, 2.45) is 11.7 Å². The summed E-state index contributed by atoms with van der Waals surface area (Å²) in [6.45, 7) is 2.55. The Balaban J connectivity index is 1.78. The number of hydrogen-bond donors (Lipinski definition) is 1. The minimum Gasteiger partial charge on any atom is -0.455 e. The van der Waals surface area contributed by atoms with E-state index in [0.717, 1.165) is 17.5 Å². The summed E-state index contributed by atoms with van der Waals surface area (Å²) >= 11 is 0. The predicted molar refractivity (Wildman–Crippen MR) is 84.3 cm³/mol. The van der Waals surface area contributed by atoms with Crippen LogP contribution in [0.3, 0.4) is 0 Å². The number of ether oxygens (including phenoxy) is 1. The van der Waals surface area contributed by atoms with E-state index >= 15 is 0 Å². The van der Waals surface area contributed by atoms with Gasteiger partial charge in [-0.15, -0.1) is 0 Å². The van der Waals surface area contributed by atoms with Crippen LogP contribution in [0.1, 0.15) is 24.0 Å². The fourth-order valence-corrected chi connectivity index (χ4v) is 2.59. The molecule has 1 saturated heterocycles. The van der Waals surface area contributed by atoms with Crippen LogP contribution in [0.5, 0.6) is 0 Å². The molecular formula is C17H22N2O4. The van der Waals surface area contributed by atoms with Crippen LogP contribution in [0.15, 0.2) is 24.3 Å². The Kier molecular flexibility index (Phi) is 5.73. The highest BCUT2D eigenvalue weighted by molar-refractivity contribution is 5.83. The zero-order chi connectivity index (χ0) is 16.8. The molecular weight excluding hydrogens is 296 g/mol. The molecule has 1 aliphatic heterocycles. The number of nitrogens with two attached hydrogens (primary N) is 1. The van der Waals surface area contributed by atoms with E-state index in [4.69, 9.17) is 10.5 Å². The molecule has 6 nitrogen and oxygen atoms in total. The van der Waals surface area contributed by atoms with Crippen molar-refractivity contribution < 1.29 is 19.1 Å². The molecule has 1 aromatic rings. The summed E-state index contributed by atoms with van der Waals surface area (Å²) in [6.07, 6.45) is 1.57. The molecule has 0 aliphatic carbocycles. The molecule has 1 aliphatic rings. The highest BCUT2D eigenvalue weighted by Gasteiger charge is 2.27. The van der Waals surface area contributed by atoms with E-state index in [1.54, 1.807) is 0 Å². The first kappa shape index (κ1) is 17.0. The topological polar surface area (TPSA) is 89.7 Å². The summed E-state index contributed by atoms with van der Waals surface area (Å²) in [5.41, 5.74) is 7.25. The van der Waals surface area contributed by atoms with Crippen molar-refractivity contribution in [2.75, 3.05) is 19.7 Å². The Morgan fingerprint density at radius 2 is 1.96 bits per heavy atom. The van der Waals surface area contributed by atoms with Crippen LogP contribution in [0.4, 0.5) is 0 Å². The number of aryl methyl sites for hydroxylation is 1. The minimum atomic E-state index is -0.439. The number of amides is 2. The van der Waals surface area contributed by atoms with Crippen LogP contribution in [0.2, 0.25) is 0 Å². The minimum absolute atomic E-state index is 0.136. The highest BCUT2D eigenvalue weighted by Crippen LogP contribution is 2.16. The first-order chi connectivity index (χ1) is 11.0. The Bertz CT molecular complexity index is 583. The normalized spacial score (nSPS) is 17.6. The second-order valence-electron chi connectivity index (χ2n) is 5.90. The van der Waals surface area contributed by atoms with Crippen LogP contribution in [0.25, 0.3) is 0 Å². The summed E-state index contributed by atoms with van der Waals surface area (Å²) in [5.74, 6) is -1.42. The molecule has 0 radical (unpaired) electrons. The second-order valence-corrected chi connectivity index (χ2v) is 5.90. The van der Waals surface area contributed by atoms with Crippen LogP contribution in [0, 0.1) is 12.8 Å². The van der Waals surface area contributed by atoms with Crippen molar-refractivity contribution in [1.29, 1.82) is 0 Å². The maximum absolute atomic E-state index is 12.1. The van der Waals surface area contributed by atoms with Gasteiger partial charge < -0.3 is 15.4 Å². The summed E-state index contributed by atoms with van der Waals surface area (Å²) in [4.78, 5) is 36.6. The second kappa shape index (κ2) is 7.76. The van der Waals surface area contributed by atoms with E-state index in [9.17, 15) is 14.4 Å². The lowest BCUT2D eigenvalue weighted by atomic mass is 9.97. The molecule has 1 fully saturated rings. The lowest BCUT2D eigenvalue weighted by Crippen LogP contribution is -2.45. The summed E-state index contributed by atoms with van der Waals surface area (Å²) in [6, 6.07) is 7.57. The zero-order valence-electron chi connectivity index (χ0n) is 13.3. The Morgan fingerprint density at radius 1 is 1.26 bits per heavy atom. The number of carbonyl (C=O) groups is 3. The van der Waals surface area contributed by atoms with E-state index in [2.05, 4.69) is 0 Å². The van der Waals surface area contributed by atoms with Gasteiger partial charge >= 0.3 is 5.97 Å². The molecule has 2 N–H and O–H groups in total. The Labute approximate surface area is 135 Å². The molecule has 124 valence electrons. The van der Waals surface area contributed by atoms with Gasteiger partial charge in [0.1, 0.15) is 0 Å². The van der Waals surface area contributed by atoms with Crippen molar-refractivity contribution in [2.45, 2.75) is 26.2 Å². The van der Waals surface area contributed by atoms with Gasteiger partial charge in [-0.1, -0.05) is 29.8 Å². The van der Waals surface area contributed by atoms with Gasteiger partial charge in [-0.2, -0.15) is 0 Å². The van der Waals surface area contributed by atoms with Crippen LogP contribution < -0.4 is 5.73 Å². The predicted octanol–water partition coefficient (Wildman–Crippen LogP) is 0.805. The number of likely N-dealkylation sites (tertiary alicyclic amines) is 1. The van der Waals surface area contributed by atoms with Crippen molar-refractivity contribution in [3.8, 4) is 0 Å². The van der Waals surface area contributed by atoms with Gasteiger partial charge in [0, 0.05) is 13.1 Å². The maximum atomic E-state index is 12.1. The van der Waals surface area contributed by atoms with Crippen molar-refractivity contribution in [1.82, 2.24) is 4.90 Å². The third-order valence-corrected chi connectivity index (χ3v) is 4.00. The third-order valence-electron chi connectivity index (χ3n) is 4.00. The van der Waals surface area contributed by atoms with E-state index < -0.39 is 5.97 Å². The van der Waals surface area contributed by atoms with E-state index in [0.29, 0.717) is 19.5 Å². The molecule has 0 aromatic heterocycles. The summed E-state index contributed by atoms with van der Waals surface area (Å²) in [7, 11) is 0. The Morgan fingerprint density at radius 3 is 2.61 bits per heavy atom. The molecule has 6 heteroatoms. The van der Waals surface area contributed by atoms with Gasteiger partial charge in [-0.05, 0) is 25.3 Å². The summed E-state index contributed by atoms with van der Waals surface area (Å²) in [5, 5.41) is 0. The number of benzene rings is 1. The third kappa shape index (κ3) is 5.09. The fraction of sp³-hybridized carbons (Fsp3) is 0.471. The van der Waals surface area contributed by atoms with Gasteiger partial charge in [0.2, 0.25) is 5.91 Å². The quantitative estimate of drug-likeness (QED) is 0.813. The number of nitrogens with zero attached hydrogens (tertiary/aromatic N) is 1. The standard InChI is InChI=1S/C17H22N2O4/c1-12-4-6-13(7-5-12)9-16(21)23-11-15(20)19-8-2-3-14(10-19)17(18)22/h4-7,14H,2-3,8-11H2,1H3,(H2,18,22). The fourth-order valence-electron chi connectivity index (χ4n) is 2.59. The first-order valence-electron chi connectivity index (χ1n) is 7.74. The highest BCUT2D eigenvalue weighted by atomic mass is 16.5. The number of primary amides is 1. The van der Waals surface area contributed by atoms with Gasteiger partial charge in [0.15, 0.2) is 6.61 Å². The average molecular weight is 318 g/mol.